The van der Waals surface area contributed by atoms with Gasteiger partial charge in [-0.3, -0.25) is 14.9 Å². The van der Waals surface area contributed by atoms with Crippen molar-refractivity contribution in [3.8, 4) is 5.75 Å². The number of nitrogens with zero attached hydrogens (tertiary/aromatic N) is 1. The van der Waals surface area contributed by atoms with Gasteiger partial charge < -0.3 is 10.8 Å². The van der Waals surface area contributed by atoms with Gasteiger partial charge in [0.2, 0.25) is 5.91 Å². The number of hydrogen-bond donors (Lipinski definition) is 2. The molecule has 0 saturated carbocycles. The number of amides is 1. The summed E-state index contributed by atoms with van der Waals surface area (Å²) in [6.07, 6.45) is 2.04. The molecule has 0 spiro atoms. The molecule has 0 aliphatic heterocycles. The molecule has 90 valence electrons. The van der Waals surface area contributed by atoms with Crippen molar-refractivity contribution in [2.24, 2.45) is 5.73 Å². The van der Waals surface area contributed by atoms with Crippen molar-refractivity contribution in [1.29, 1.82) is 0 Å². The number of nitro benzene ring substituents is 1. The Bertz CT molecular complexity index is 528. The Kier molecular flexibility index (Phi) is 3.93. The number of nitro groups is 1. The summed E-state index contributed by atoms with van der Waals surface area (Å²) in [5.41, 5.74) is 4.36. The molecule has 0 atom stereocenters. The van der Waals surface area contributed by atoms with Gasteiger partial charge in [0, 0.05) is 17.7 Å². The predicted octanol–water partition coefficient (Wildman–Crippen LogP) is 2.11. The number of halogens is 2. The first-order valence-electron chi connectivity index (χ1n) is 4.17. The maximum Gasteiger partial charge on any atom is 0.290 e. The second-order valence-electron chi connectivity index (χ2n) is 2.95. The van der Waals surface area contributed by atoms with E-state index in [0.29, 0.717) is 0 Å². The van der Waals surface area contributed by atoms with Gasteiger partial charge >= 0.3 is 0 Å². The van der Waals surface area contributed by atoms with E-state index < -0.39 is 22.3 Å². The van der Waals surface area contributed by atoms with Crippen LogP contribution >= 0.6 is 23.2 Å². The van der Waals surface area contributed by atoms with E-state index in [1.54, 1.807) is 0 Å². The van der Waals surface area contributed by atoms with Crippen LogP contribution in [0.25, 0.3) is 6.08 Å². The summed E-state index contributed by atoms with van der Waals surface area (Å²) < 4.78 is 0. The Morgan fingerprint density at radius 2 is 2.06 bits per heavy atom. The largest absolute Gasteiger partial charge is 0.506 e. The molecule has 0 aromatic heterocycles. The van der Waals surface area contributed by atoms with Crippen LogP contribution in [0.1, 0.15) is 5.56 Å². The lowest BCUT2D eigenvalue weighted by Crippen LogP contribution is -2.05. The molecule has 0 radical (unpaired) electrons. The molecule has 1 aromatic rings. The summed E-state index contributed by atoms with van der Waals surface area (Å²) in [6, 6.07) is 0.989. The third kappa shape index (κ3) is 2.86. The quantitative estimate of drug-likeness (QED) is 0.501. The van der Waals surface area contributed by atoms with Crippen LogP contribution in [-0.2, 0) is 4.79 Å². The molecule has 1 amide bonds. The number of benzene rings is 1. The molecule has 0 unspecified atom stereocenters. The van der Waals surface area contributed by atoms with Crippen molar-refractivity contribution in [3.05, 3.63) is 37.9 Å². The minimum atomic E-state index is -0.766. The number of rotatable bonds is 3. The van der Waals surface area contributed by atoms with Gasteiger partial charge in [0.25, 0.3) is 5.69 Å². The van der Waals surface area contributed by atoms with E-state index in [1.807, 2.05) is 0 Å². The predicted molar refractivity (Wildman–Crippen MR) is 63.0 cm³/mol. The van der Waals surface area contributed by atoms with Crippen LogP contribution in [0.3, 0.4) is 0 Å². The number of carbonyl (C=O) groups is 1. The molecule has 6 nitrogen and oxygen atoms in total. The Labute approximate surface area is 105 Å². The smallest absolute Gasteiger partial charge is 0.290 e. The van der Waals surface area contributed by atoms with Crippen molar-refractivity contribution in [2.75, 3.05) is 0 Å². The van der Waals surface area contributed by atoms with Crippen LogP contribution < -0.4 is 5.73 Å². The van der Waals surface area contributed by atoms with Crippen molar-refractivity contribution in [1.82, 2.24) is 0 Å². The molecular weight excluding hydrogens is 271 g/mol. The van der Waals surface area contributed by atoms with Crippen LogP contribution in [0.15, 0.2) is 12.1 Å². The van der Waals surface area contributed by atoms with Crippen molar-refractivity contribution < 1.29 is 14.8 Å². The number of phenolic OH excluding ortho intramolecular Hbond substituents is 1. The minimum Gasteiger partial charge on any atom is -0.506 e. The molecule has 0 aliphatic rings. The van der Waals surface area contributed by atoms with Gasteiger partial charge in [0.05, 0.1) is 4.92 Å². The zero-order valence-electron chi connectivity index (χ0n) is 8.18. The molecule has 8 heteroatoms. The topological polar surface area (TPSA) is 106 Å². The summed E-state index contributed by atoms with van der Waals surface area (Å²) in [5.74, 6) is -1.22. The van der Waals surface area contributed by atoms with Crippen LogP contribution in [0, 0.1) is 10.1 Å². The molecule has 0 saturated heterocycles. The second-order valence-corrected chi connectivity index (χ2v) is 3.71. The number of carbonyl (C=O) groups excluding carboxylic acids is 1. The summed E-state index contributed by atoms with van der Waals surface area (Å²) in [6.45, 7) is 0. The molecule has 0 aliphatic carbocycles. The Morgan fingerprint density at radius 1 is 1.47 bits per heavy atom. The molecule has 1 rings (SSSR count). The van der Waals surface area contributed by atoms with Crippen LogP contribution in [0.5, 0.6) is 5.75 Å². The average Bonchev–Trinajstić information content (AvgIpc) is 2.24. The highest BCUT2D eigenvalue weighted by Gasteiger charge is 2.21. The summed E-state index contributed by atoms with van der Waals surface area (Å²) in [4.78, 5) is 20.4. The SMILES string of the molecule is NC(=O)/C=C/c1cc([N+](=O)[O-])c(Cl)c(Cl)c1O. The number of phenols is 1. The summed E-state index contributed by atoms with van der Waals surface area (Å²) >= 11 is 11.2. The zero-order chi connectivity index (χ0) is 13.2. The van der Waals surface area contributed by atoms with Gasteiger partial charge in [-0.15, -0.1) is 0 Å². The fourth-order valence-corrected chi connectivity index (χ4v) is 1.47. The second kappa shape index (κ2) is 5.03. The lowest BCUT2D eigenvalue weighted by Gasteiger charge is -2.04. The van der Waals surface area contributed by atoms with E-state index in [0.717, 1.165) is 18.2 Å². The standard InChI is InChI=1S/C9H6Cl2N2O4/c10-7-5(13(16)17)3-4(1-2-6(12)14)9(15)8(7)11/h1-3,15H,(H2,12,14)/b2-1+. The lowest BCUT2D eigenvalue weighted by atomic mass is 10.1. The Morgan fingerprint density at radius 3 is 2.53 bits per heavy atom. The Balaban J connectivity index is 3.42. The van der Waals surface area contributed by atoms with E-state index in [2.05, 4.69) is 0 Å². The number of nitrogens with two attached hydrogens (primary N) is 1. The fourth-order valence-electron chi connectivity index (χ4n) is 1.05. The van der Waals surface area contributed by atoms with Crippen molar-refractivity contribution in [2.45, 2.75) is 0 Å². The van der Waals surface area contributed by atoms with Crippen LogP contribution in [0.4, 0.5) is 5.69 Å². The molecule has 0 heterocycles. The van der Waals surface area contributed by atoms with Gasteiger partial charge in [-0.05, 0) is 6.08 Å². The molecular formula is C9H6Cl2N2O4. The van der Waals surface area contributed by atoms with Gasteiger partial charge in [0.1, 0.15) is 15.8 Å². The molecule has 0 fully saturated rings. The summed E-state index contributed by atoms with van der Waals surface area (Å²) in [7, 11) is 0. The van der Waals surface area contributed by atoms with Gasteiger partial charge in [-0.1, -0.05) is 23.2 Å². The zero-order valence-corrected chi connectivity index (χ0v) is 9.70. The van der Waals surface area contributed by atoms with E-state index >= 15 is 0 Å². The van der Waals surface area contributed by atoms with E-state index in [4.69, 9.17) is 28.9 Å². The maximum atomic E-state index is 10.6. The molecule has 1 aromatic carbocycles. The van der Waals surface area contributed by atoms with Gasteiger partial charge in [-0.25, -0.2) is 0 Å². The number of hydrogen-bond acceptors (Lipinski definition) is 4. The monoisotopic (exact) mass is 276 g/mol. The highest BCUT2D eigenvalue weighted by atomic mass is 35.5. The minimum absolute atomic E-state index is 0.0232. The first kappa shape index (κ1) is 13.3. The highest BCUT2D eigenvalue weighted by molar-refractivity contribution is 6.44. The summed E-state index contributed by atoms with van der Waals surface area (Å²) in [5, 5.41) is 19.5. The Hall–Kier alpha value is -1.79. The van der Waals surface area contributed by atoms with E-state index in [9.17, 15) is 20.0 Å². The average molecular weight is 277 g/mol. The van der Waals surface area contributed by atoms with Gasteiger partial charge in [-0.2, -0.15) is 0 Å². The fraction of sp³-hybridized carbons (Fsp3) is 0. The highest BCUT2D eigenvalue weighted by Crippen LogP contribution is 2.41. The lowest BCUT2D eigenvalue weighted by molar-refractivity contribution is -0.384. The first-order valence-corrected chi connectivity index (χ1v) is 4.93. The number of aromatic hydroxyl groups is 1. The molecule has 17 heavy (non-hydrogen) atoms. The van der Waals surface area contributed by atoms with Gasteiger partial charge in [0.15, 0.2) is 0 Å². The van der Waals surface area contributed by atoms with E-state index in [-0.39, 0.29) is 15.6 Å². The number of primary amides is 1. The van der Waals surface area contributed by atoms with Crippen LogP contribution in [0.2, 0.25) is 10.0 Å². The molecule has 3 N–H and O–H groups in total. The first-order chi connectivity index (χ1) is 7.84. The van der Waals surface area contributed by atoms with Crippen LogP contribution in [-0.4, -0.2) is 15.9 Å². The third-order valence-electron chi connectivity index (χ3n) is 1.82. The normalized spacial score (nSPS) is 10.7. The van der Waals surface area contributed by atoms with Crippen molar-refractivity contribution in [3.63, 3.8) is 0 Å². The van der Waals surface area contributed by atoms with Crippen molar-refractivity contribution >= 4 is 40.9 Å². The maximum absolute atomic E-state index is 10.6. The molecule has 0 bridgehead atoms. The van der Waals surface area contributed by atoms with E-state index in [1.165, 1.54) is 0 Å². The third-order valence-corrected chi connectivity index (χ3v) is 2.66.